The largest absolute Gasteiger partial charge is 0.361 e. The zero-order valence-corrected chi connectivity index (χ0v) is 15.0. The fraction of sp³-hybridized carbons (Fsp3) is 0.500. The quantitative estimate of drug-likeness (QED) is 0.775. The topological polar surface area (TPSA) is 65.2 Å². The number of hydrogen-bond acceptors (Lipinski definition) is 2. The van der Waals surface area contributed by atoms with Crippen molar-refractivity contribution in [3.8, 4) is 0 Å². The number of amides is 2. The lowest BCUT2D eigenvalue weighted by Gasteiger charge is -2.16. The molecule has 0 spiro atoms. The number of H-pyrrole nitrogens is 1. The molecule has 0 bridgehead atoms. The molecule has 5 nitrogen and oxygen atoms in total. The van der Waals surface area contributed by atoms with Gasteiger partial charge in [-0.05, 0) is 30.9 Å². The molecule has 25 heavy (non-hydrogen) atoms. The van der Waals surface area contributed by atoms with Gasteiger partial charge in [-0.15, -0.1) is 0 Å². The SMILES string of the molecule is CCCCN(C)C(=O)C1CC1C(=O)NCCc1c[nH]c2ccccc12. The van der Waals surface area contributed by atoms with Gasteiger partial charge in [-0.25, -0.2) is 0 Å². The standard InChI is InChI=1S/C20H27N3O2/c1-3-4-11-23(2)20(25)17-12-16(17)19(24)21-10-9-14-13-22-18-8-6-5-7-15(14)18/h5-8,13,16-17,22H,3-4,9-12H2,1-2H3,(H,21,24). The van der Waals surface area contributed by atoms with Crippen molar-refractivity contribution in [2.24, 2.45) is 11.8 Å². The number of nitrogens with one attached hydrogen (secondary N) is 2. The van der Waals surface area contributed by atoms with Crippen LogP contribution in [0.2, 0.25) is 0 Å². The minimum atomic E-state index is -0.139. The predicted molar refractivity (Wildman–Crippen MR) is 99.2 cm³/mol. The molecule has 1 aromatic heterocycles. The number of fused-ring (bicyclic) bond motifs is 1. The number of nitrogens with zero attached hydrogens (tertiary/aromatic N) is 1. The van der Waals surface area contributed by atoms with Gasteiger partial charge in [-0.1, -0.05) is 31.5 Å². The molecular weight excluding hydrogens is 314 g/mol. The van der Waals surface area contributed by atoms with E-state index < -0.39 is 0 Å². The number of carbonyl (C=O) groups is 2. The third-order valence-corrected chi connectivity index (χ3v) is 5.04. The van der Waals surface area contributed by atoms with E-state index in [9.17, 15) is 9.59 Å². The van der Waals surface area contributed by atoms with E-state index in [1.165, 1.54) is 10.9 Å². The molecular formula is C20H27N3O2. The number of aromatic amines is 1. The first-order chi connectivity index (χ1) is 12.1. The summed E-state index contributed by atoms with van der Waals surface area (Å²) in [5, 5.41) is 4.19. The van der Waals surface area contributed by atoms with Crippen molar-refractivity contribution in [2.75, 3.05) is 20.1 Å². The molecule has 2 N–H and O–H groups in total. The van der Waals surface area contributed by atoms with Crippen molar-refractivity contribution in [3.63, 3.8) is 0 Å². The van der Waals surface area contributed by atoms with Gasteiger partial charge in [0.1, 0.15) is 0 Å². The molecule has 1 saturated carbocycles. The summed E-state index contributed by atoms with van der Waals surface area (Å²) in [7, 11) is 1.84. The Bertz CT molecular complexity index is 752. The van der Waals surface area contributed by atoms with Gasteiger partial charge in [0.05, 0.1) is 11.8 Å². The van der Waals surface area contributed by atoms with Crippen molar-refractivity contribution in [3.05, 3.63) is 36.0 Å². The van der Waals surface area contributed by atoms with Crippen molar-refractivity contribution < 1.29 is 9.59 Å². The summed E-state index contributed by atoms with van der Waals surface area (Å²) in [6, 6.07) is 8.16. The molecule has 2 atom stereocenters. The molecule has 1 fully saturated rings. The predicted octanol–water partition coefficient (Wildman–Crippen LogP) is 2.72. The lowest BCUT2D eigenvalue weighted by molar-refractivity contribution is -0.133. The second-order valence-corrected chi connectivity index (χ2v) is 6.96. The van der Waals surface area contributed by atoms with Gasteiger partial charge in [0.25, 0.3) is 0 Å². The smallest absolute Gasteiger partial charge is 0.226 e. The molecule has 2 amide bonds. The van der Waals surface area contributed by atoms with Crippen LogP contribution in [0.15, 0.2) is 30.5 Å². The number of unbranched alkanes of at least 4 members (excludes halogenated alkanes) is 1. The van der Waals surface area contributed by atoms with Crippen LogP contribution in [0.3, 0.4) is 0 Å². The van der Waals surface area contributed by atoms with E-state index in [4.69, 9.17) is 0 Å². The van der Waals surface area contributed by atoms with E-state index in [1.54, 1.807) is 4.90 Å². The van der Waals surface area contributed by atoms with Gasteiger partial charge in [0.15, 0.2) is 0 Å². The van der Waals surface area contributed by atoms with Gasteiger partial charge < -0.3 is 15.2 Å². The summed E-state index contributed by atoms with van der Waals surface area (Å²) in [5.41, 5.74) is 2.32. The van der Waals surface area contributed by atoms with Crippen LogP contribution < -0.4 is 5.32 Å². The van der Waals surface area contributed by atoms with Crippen molar-refractivity contribution in [1.82, 2.24) is 15.2 Å². The van der Waals surface area contributed by atoms with Gasteiger partial charge in [0.2, 0.25) is 11.8 Å². The maximum Gasteiger partial charge on any atom is 0.226 e. The molecule has 3 rings (SSSR count). The maximum atomic E-state index is 12.3. The summed E-state index contributed by atoms with van der Waals surface area (Å²) in [4.78, 5) is 29.6. The molecule has 0 radical (unpaired) electrons. The second kappa shape index (κ2) is 7.72. The van der Waals surface area contributed by atoms with Crippen LogP contribution in [-0.2, 0) is 16.0 Å². The van der Waals surface area contributed by atoms with Crippen molar-refractivity contribution >= 4 is 22.7 Å². The molecule has 0 aliphatic heterocycles. The van der Waals surface area contributed by atoms with E-state index in [0.29, 0.717) is 13.0 Å². The lowest BCUT2D eigenvalue weighted by atomic mass is 10.1. The number of aromatic nitrogens is 1. The van der Waals surface area contributed by atoms with Crippen LogP contribution in [0.25, 0.3) is 10.9 Å². The Morgan fingerprint density at radius 2 is 2.08 bits per heavy atom. The molecule has 134 valence electrons. The third-order valence-electron chi connectivity index (χ3n) is 5.04. The maximum absolute atomic E-state index is 12.3. The average molecular weight is 341 g/mol. The highest BCUT2D eigenvalue weighted by molar-refractivity contribution is 5.92. The number of carbonyl (C=O) groups excluding carboxylic acids is 2. The van der Waals surface area contributed by atoms with Crippen LogP contribution in [0.4, 0.5) is 0 Å². The van der Waals surface area contributed by atoms with Crippen molar-refractivity contribution in [1.29, 1.82) is 0 Å². The summed E-state index contributed by atoms with van der Waals surface area (Å²) in [6.45, 7) is 3.49. The monoisotopic (exact) mass is 341 g/mol. The van der Waals surface area contributed by atoms with Crippen LogP contribution in [0.1, 0.15) is 31.7 Å². The second-order valence-electron chi connectivity index (χ2n) is 6.96. The zero-order valence-electron chi connectivity index (χ0n) is 15.0. The number of para-hydroxylation sites is 1. The fourth-order valence-corrected chi connectivity index (χ4v) is 3.34. The molecule has 2 unspecified atom stereocenters. The summed E-state index contributed by atoms with van der Waals surface area (Å²) in [6.07, 6.45) is 5.56. The Balaban J connectivity index is 1.44. The van der Waals surface area contributed by atoms with Gasteiger partial charge in [-0.3, -0.25) is 9.59 Å². The minimum Gasteiger partial charge on any atom is -0.361 e. The number of benzene rings is 1. The normalized spacial score (nSPS) is 19.0. The number of rotatable bonds is 8. The first-order valence-electron chi connectivity index (χ1n) is 9.19. The Kier molecular flexibility index (Phi) is 5.41. The molecule has 1 heterocycles. The Hall–Kier alpha value is -2.30. The van der Waals surface area contributed by atoms with E-state index in [-0.39, 0.29) is 23.7 Å². The molecule has 1 aliphatic rings. The molecule has 1 aromatic carbocycles. The molecule has 2 aromatic rings. The average Bonchev–Trinajstić information content (AvgIpc) is 3.33. The summed E-state index contributed by atoms with van der Waals surface area (Å²) in [5.74, 6) is -0.123. The van der Waals surface area contributed by atoms with Crippen LogP contribution in [0.5, 0.6) is 0 Å². The highest BCUT2D eigenvalue weighted by Crippen LogP contribution is 2.40. The van der Waals surface area contributed by atoms with E-state index in [0.717, 1.165) is 31.3 Å². The fourth-order valence-electron chi connectivity index (χ4n) is 3.34. The highest BCUT2D eigenvalue weighted by Gasteiger charge is 2.48. The Morgan fingerprint density at radius 1 is 1.28 bits per heavy atom. The molecule has 1 aliphatic carbocycles. The van der Waals surface area contributed by atoms with E-state index in [2.05, 4.69) is 23.3 Å². The highest BCUT2D eigenvalue weighted by atomic mass is 16.2. The van der Waals surface area contributed by atoms with Gasteiger partial charge in [-0.2, -0.15) is 0 Å². The van der Waals surface area contributed by atoms with Crippen molar-refractivity contribution in [2.45, 2.75) is 32.6 Å². The Labute approximate surface area is 148 Å². The zero-order chi connectivity index (χ0) is 17.8. The summed E-state index contributed by atoms with van der Waals surface area (Å²) >= 11 is 0. The van der Waals surface area contributed by atoms with Crippen LogP contribution in [0, 0.1) is 11.8 Å². The summed E-state index contributed by atoms with van der Waals surface area (Å²) < 4.78 is 0. The molecule has 5 heteroatoms. The van der Waals surface area contributed by atoms with Crippen LogP contribution >= 0.6 is 0 Å². The van der Waals surface area contributed by atoms with E-state index in [1.807, 2.05) is 31.4 Å². The number of hydrogen-bond donors (Lipinski definition) is 2. The van der Waals surface area contributed by atoms with Gasteiger partial charge >= 0.3 is 0 Å². The lowest BCUT2D eigenvalue weighted by Crippen LogP contribution is -2.32. The Morgan fingerprint density at radius 3 is 2.88 bits per heavy atom. The third kappa shape index (κ3) is 4.03. The molecule has 0 saturated heterocycles. The first kappa shape index (κ1) is 17.5. The van der Waals surface area contributed by atoms with Crippen LogP contribution in [-0.4, -0.2) is 41.8 Å². The minimum absolute atomic E-state index is 0.0158. The first-order valence-corrected chi connectivity index (χ1v) is 9.19. The van der Waals surface area contributed by atoms with Gasteiger partial charge in [0, 0.05) is 37.2 Å². The van der Waals surface area contributed by atoms with E-state index >= 15 is 0 Å².